The van der Waals surface area contributed by atoms with Crippen molar-refractivity contribution < 1.29 is 9.53 Å². The Morgan fingerprint density at radius 2 is 2.19 bits per heavy atom. The molecular weight excluding hydrogens is 288 g/mol. The Hall–Kier alpha value is -2.15. The number of hydrogen-bond donors (Lipinski definition) is 2. The van der Waals surface area contributed by atoms with Crippen LogP contribution in [0, 0.1) is 6.92 Å². The fourth-order valence-electron chi connectivity index (χ4n) is 1.77. The number of hydrogen-bond acceptors (Lipinski definition) is 6. The van der Waals surface area contributed by atoms with Crippen LogP contribution >= 0.6 is 11.3 Å². The van der Waals surface area contributed by atoms with E-state index in [1.807, 2.05) is 38.1 Å². The summed E-state index contributed by atoms with van der Waals surface area (Å²) in [4.78, 5) is 11.8. The molecule has 3 N–H and O–H groups in total. The Balaban J connectivity index is 1.76. The Morgan fingerprint density at radius 1 is 1.43 bits per heavy atom. The van der Waals surface area contributed by atoms with Gasteiger partial charge in [0.2, 0.25) is 11.0 Å². The van der Waals surface area contributed by atoms with E-state index in [1.54, 1.807) is 0 Å². The molecule has 1 aromatic carbocycles. The minimum Gasteiger partial charge on any atom is -0.493 e. The lowest BCUT2D eigenvalue weighted by molar-refractivity contribution is -0.122. The summed E-state index contributed by atoms with van der Waals surface area (Å²) >= 11 is 1.27. The number of anilines is 1. The molecule has 0 spiro atoms. The Labute approximate surface area is 127 Å². The second-order valence-corrected chi connectivity index (χ2v) is 5.67. The highest BCUT2D eigenvalue weighted by molar-refractivity contribution is 7.15. The van der Waals surface area contributed by atoms with E-state index < -0.39 is 0 Å². The van der Waals surface area contributed by atoms with Crippen LogP contribution in [0.15, 0.2) is 24.3 Å². The highest BCUT2D eigenvalue weighted by Crippen LogP contribution is 2.19. The smallest absolute Gasteiger partial charge is 0.223 e. The molecule has 0 radical (unpaired) electrons. The van der Waals surface area contributed by atoms with Gasteiger partial charge in [0.25, 0.3) is 0 Å². The second-order valence-electron chi connectivity index (χ2n) is 4.63. The molecule has 0 saturated carbocycles. The SMILES string of the molecule is Cc1ccccc1OCCC(=O)N[C@H](C)c1nnc(N)s1. The summed E-state index contributed by atoms with van der Waals surface area (Å²) in [5.41, 5.74) is 6.57. The lowest BCUT2D eigenvalue weighted by Gasteiger charge is -2.12. The van der Waals surface area contributed by atoms with Crippen LogP contribution in [0.2, 0.25) is 0 Å². The number of para-hydroxylation sites is 1. The first-order valence-electron chi connectivity index (χ1n) is 6.63. The average molecular weight is 306 g/mol. The lowest BCUT2D eigenvalue weighted by Crippen LogP contribution is -2.27. The number of aryl methyl sites for hydroxylation is 1. The van der Waals surface area contributed by atoms with Gasteiger partial charge in [-0.1, -0.05) is 29.5 Å². The van der Waals surface area contributed by atoms with Crippen LogP contribution < -0.4 is 15.8 Å². The quantitative estimate of drug-likeness (QED) is 0.852. The molecule has 0 bridgehead atoms. The zero-order valence-corrected chi connectivity index (χ0v) is 12.8. The third-order valence-electron chi connectivity index (χ3n) is 2.88. The maximum Gasteiger partial charge on any atom is 0.223 e. The van der Waals surface area contributed by atoms with Gasteiger partial charge >= 0.3 is 0 Å². The molecule has 0 fully saturated rings. The summed E-state index contributed by atoms with van der Waals surface area (Å²) in [6.07, 6.45) is 0.285. The molecule has 6 nitrogen and oxygen atoms in total. The van der Waals surface area contributed by atoms with Crippen molar-refractivity contribution in [3.8, 4) is 5.75 Å². The minimum atomic E-state index is -0.203. The van der Waals surface area contributed by atoms with Crippen LogP contribution in [0.25, 0.3) is 0 Å². The van der Waals surface area contributed by atoms with Gasteiger partial charge in [-0.2, -0.15) is 0 Å². The molecule has 1 heterocycles. The first-order valence-corrected chi connectivity index (χ1v) is 7.44. The largest absolute Gasteiger partial charge is 0.493 e. The highest BCUT2D eigenvalue weighted by Gasteiger charge is 2.13. The fourth-order valence-corrected chi connectivity index (χ4v) is 2.38. The molecule has 7 heteroatoms. The number of carbonyl (C=O) groups is 1. The topological polar surface area (TPSA) is 90.1 Å². The van der Waals surface area contributed by atoms with Crippen molar-refractivity contribution >= 4 is 22.4 Å². The van der Waals surface area contributed by atoms with E-state index in [0.717, 1.165) is 11.3 Å². The maximum absolute atomic E-state index is 11.8. The molecular formula is C14H18N4O2S. The first-order chi connectivity index (χ1) is 10.1. The van der Waals surface area contributed by atoms with Crippen LogP contribution in [-0.2, 0) is 4.79 Å². The molecule has 0 saturated heterocycles. The van der Waals surface area contributed by atoms with E-state index in [-0.39, 0.29) is 18.4 Å². The number of amides is 1. The van der Waals surface area contributed by atoms with E-state index >= 15 is 0 Å². The van der Waals surface area contributed by atoms with Gasteiger partial charge in [-0.05, 0) is 25.5 Å². The molecule has 1 aromatic heterocycles. The molecule has 2 rings (SSSR count). The number of aromatic nitrogens is 2. The van der Waals surface area contributed by atoms with E-state index in [0.29, 0.717) is 16.7 Å². The zero-order chi connectivity index (χ0) is 15.2. The average Bonchev–Trinajstić information content (AvgIpc) is 2.88. The molecule has 112 valence electrons. The second kappa shape index (κ2) is 7.03. The van der Waals surface area contributed by atoms with Gasteiger partial charge in [-0.3, -0.25) is 4.79 Å². The molecule has 0 unspecified atom stereocenters. The Morgan fingerprint density at radius 3 is 2.86 bits per heavy atom. The summed E-state index contributed by atoms with van der Waals surface area (Å²) in [6, 6.07) is 7.51. The predicted octanol–water partition coefficient (Wildman–Crippen LogP) is 2.08. The number of ether oxygens (including phenoxy) is 1. The van der Waals surface area contributed by atoms with Gasteiger partial charge in [-0.15, -0.1) is 10.2 Å². The lowest BCUT2D eigenvalue weighted by atomic mass is 10.2. The summed E-state index contributed by atoms with van der Waals surface area (Å²) in [6.45, 7) is 4.15. The molecule has 21 heavy (non-hydrogen) atoms. The van der Waals surface area contributed by atoms with Gasteiger partial charge < -0.3 is 15.8 Å². The minimum absolute atomic E-state index is 0.0927. The van der Waals surface area contributed by atoms with Gasteiger partial charge in [0.05, 0.1) is 19.1 Å². The number of nitrogens with zero attached hydrogens (tertiary/aromatic N) is 2. The standard InChI is InChI=1S/C14H18N4O2S/c1-9-5-3-4-6-11(9)20-8-7-12(19)16-10(2)13-17-18-14(15)21-13/h3-6,10H,7-8H2,1-2H3,(H2,15,18)(H,16,19)/t10-/m1/s1. The Bertz CT molecular complexity index is 615. The number of nitrogens with one attached hydrogen (secondary N) is 1. The normalized spacial score (nSPS) is 11.9. The number of nitrogens with two attached hydrogens (primary N) is 1. The third-order valence-corrected chi connectivity index (χ3v) is 3.82. The van der Waals surface area contributed by atoms with Crippen molar-refractivity contribution in [3.05, 3.63) is 34.8 Å². The van der Waals surface area contributed by atoms with Crippen molar-refractivity contribution in [3.63, 3.8) is 0 Å². The highest BCUT2D eigenvalue weighted by atomic mass is 32.1. The van der Waals surface area contributed by atoms with Gasteiger partial charge in [-0.25, -0.2) is 0 Å². The Kier molecular flexibility index (Phi) is 5.10. The summed E-state index contributed by atoms with van der Waals surface area (Å²) in [5, 5.41) is 11.6. The number of nitrogen functional groups attached to an aromatic ring is 1. The van der Waals surface area contributed by atoms with Crippen molar-refractivity contribution in [2.75, 3.05) is 12.3 Å². The number of benzene rings is 1. The third kappa shape index (κ3) is 4.42. The van der Waals surface area contributed by atoms with Crippen LogP contribution in [0.5, 0.6) is 5.75 Å². The van der Waals surface area contributed by atoms with Crippen molar-refractivity contribution in [1.29, 1.82) is 0 Å². The molecule has 0 aliphatic rings. The van der Waals surface area contributed by atoms with E-state index in [2.05, 4.69) is 15.5 Å². The van der Waals surface area contributed by atoms with Crippen molar-refractivity contribution in [2.24, 2.45) is 0 Å². The molecule has 2 aromatic rings. The van der Waals surface area contributed by atoms with Crippen LogP contribution in [0.3, 0.4) is 0 Å². The van der Waals surface area contributed by atoms with E-state index in [4.69, 9.17) is 10.5 Å². The van der Waals surface area contributed by atoms with E-state index in [9.17, 15) is 4.79 Å². The van der Waals surface area contributed by atoms with Gasteiger partial charge in [0.15, 0.2) is 0 Å². The monoisotopic (exact) mass is 306 g/mol. The van der Waals surface area contributed by atoms with Crippen LogP contribution in [0.4, 0.5) is 5.13 Å². The maximum atomic E-state index is 11.8. The van der Waals surface area contributed by atoms with Gasteiger partial charge in [0, 0.05) is 0 Å². The van der Waals surface area contributed by atoms with Crippen LogP contribution in [0.1, 0.15) is 30.0 Å². The van der Waals surface area contributed by atoms with Crippen molar-refractivity contribution in [2.45, 2.75) is 26.3 Å². The predicted molar refractivity (Wildman–Crippen MR) is 82.2 cm³/mol. The number of carbonyl (C=O) groups excluding carboxylic acids is 1. The zero-order valence-electron chi connectivity index (χ0n) is 12.0. The van der Waals surface area contributed by atoms with E-state index in [1.165, 1.54) is 11.3 Å². The van der Waals surface area contributed by atoms with Crippen molar-refractivity contribution in [1.82, 2.24) is 15.5 Å². The first kappa shape index (κ1) is 15.2. The molecule has 1 atom stereocenters. The molecule has 0 aliphatic carbocycles. The number of rotatable bonds is 6. The summed E-state index contributed by atoms with van der Waals surface area (Å²) < 4.78 is 5.59. The molecule has 1 amide bonds. The summed E-state index contributed by atoms with van der Waals surface area (Å²) in [7, 11) is 0. The van der Waals surface area contributed by atoms with Crippen LogP contribution in [-0.4, -0.2) is 22.7 Å². The molecule has 0 aliphatic heterocycles. The van der Waals surface area contributed by atoms with Gasteiger partial charge in [0.1, 0.15) is 10.8 Å². The summed E-state index contributed by atoms with van der Waals surface area (Å²) in [5.74, 6) is 0.708. The fraction of sp³-hybridized carbons (Fsp3) is 0.357.